The third-order valence-corrected chi connectivity index (χ3v) is 19.5. The summed E-state index contributed by atoms with van der Waals surface area (Å²) >= 11 is 0. The van der Waals surface area contributed by atoms with Gasteiger partial charge in [-0.15, -0.1) is 0 Å². The number of carbonyl (C=O) groups is 13. The van der Waals surface area contributed by atoms with Gasteiger partial charge in [0.15, 0.2) is 0 Å². The molecule has 2 rings (SSSR count). The van der Waals surface area contributed by atoms with Crippen molar-refractivity contribution in [2.24, 2.45) is 23.7 Å². The van der Waals surface area contributed by atoms with Crippen LogP contribution < -0.4 is 26.6 Å². The molecule has 0 saturated carbocycles. The van der Waals surface area contributed by atoms with Gasteiger partial charge in [-0.3, -0.25) is 62.4 Å². The molecule has 2 aromatic carbocycles. The average molecular weight is 1650 g/mol. The van der Waals surface area contributed by atoms with Crippen molar-refractivity contribution in [1.29, 1.82) is 0 Å². The number of rotatable bonds is 50. The van der Waals surface area contributed by atoms with Crippen LogP contribution in [0.15, 0.2) is 86.0 Å². The lowest BCUT2D eigenvalue weighted by molar-refractivity contribution is -0.151. The van der Waals surface area contributed by atoms with Crippen molar-refractivity contribution in [2.45, 2.75) is 260 Å². The molecule has 117 heavy (non-hydrogen) atoms. The van der Waals surface area contributed by atoms with Gasteiger partial charge in [-0.25, -0.2) is 4.79 Å². The number of hydrogen-bond acceptors (Lipinski definition) is 19. The van der Waals surface area contributed by atoms with Gasteiger partial charge >= 0.3 is 18.0 Å². The van der Waals surface area contributed by atoms with E-state index in [1.54, 1.807) is 62.6 Å². The molecule has 0 aliphatic heterocycles. The van der Waals surface area contributed by atoms with Crippen molar-refractivity contribution in [3.63, 3.8) is 0 Å². The first-order valence-electron chi connectivity index (χ1n) is 41.0. The Balaban J connectivity index is 0.00000118. The maximum atomic E-state index is 14.6. The van der Waals surface area contributed by atoms with Gasteiger partial charge in [-0.1, -0.05) is 168 Å². The molecule has 5 N–H and O–H groups in total. The number of nitrogens with one attached hydrogen (secondary N) is 5. The summed E-state index contributed by atoms with van der Waals surface area (Å²) < 4.78 is 27.5. The van der Waals surface area contributed by atoms with Gasteiger partial charge < -0.3 is 79.7 Å². The van der Waals surface area contributed by atoms with Crippen LogP contribution in [0.4, 0.5) is 4.79 Å². The van der Waals surface area contributed by atoms with Crippen LogP contribution in [-0.4, -0.2) is 286 Å². The van der Waals surface area contributed by atoms with Crippen molar-refractivity contribution in [3.05, 3.63) is 97.1 Å². The third kappa shape index (κ3) is 37.9. The molecule has 2 aromatic rings. The molecular weight excluding hydrogens is 1500 g/mol. The standard InChI is InChI=1S/C46H76N6O10.C41H68N6O8/c1-16-18-25-60-33(8)39(44(58)49(12)29-38(53)61-24-17-2)48-41(55)36(27-31(5)6)52(15)43(57)35(26-30(3)4)47-40(54)37(28-34-22-20-19-21-23-34)51(14)42(56)32(7)50(13)45(59)62-46(9,10)11;1-13-15-22-54-30(8)36(41(53)45(10)26-35(48)55-21-14-2)44-38(50)33(24-28(5)6)47(12)40(52)32(23-27(3)4)43-37(49)34(25-31-19-17-16-18-20-31)46(11)39(51)29(7)42-9/h17,19-23,30-33,35-37,39H,2,16,18,24-29H2,1,3-15H3,(H,47,54)(H,48,55);14,16-20,27-30,32-34,36,42H,2,13,15,21-26H2,1,3-12H3,(H,43,49)(H,44,50)/t32?,33-,35+,36+,37-,39+;29?,30-,32+,33+,34?,36+/m11/s1. The molecule has 0 saturated heterocycles. The van der Waals surface area contributed by atoms with Crippen molar-refractivity contribution in [1.82, 2.24) is 60.9 Å². The van der Waals surface area contributed by atoms with Crippen LogP contribution in [0.3, 0.4) is 0 Å². The van der Waals surface area contributed by atoms with Crippen molar-refractivity contribution >= 4 is 77.1 Å². The topological polar surface area (TPSA) is 351 Å². The van der Waals surface area contributed by atoms with E-state index in [4.69, 9.17) is 23.7 Å². The van der Waals surface area contributed by atoms with E-state index in [0.717, 1.165) is 41.7 Å². The Kier molecular flexibility index (Phi) is 48.7. The molecule has 12 atom stereocenters. The van der Waals surface area contributed by atoms with Crippen LogP contribution in [0, 0.1) is 23.7 Å². The van der Waals surface area contributed by atoms with Gasteiger partial charge in [-0.05, 0) is 129 Å². The number of unbranched alkanes of at least 4 members (excludes halogenated alkanes) is 2. The van der Waals surface area contributed by atoms with Gasteiger partial charge in [0.05, 0.1) is 18.2 Å². The molecule has 0 heterocycles. The molecule has 660 valence electrons. The minimum Gasteiger partial charge on any atom is -0.460 e. The summed E-state index contributed by atoms with van der Waals surface area (Å²) in [7, 11) is 12.0. The highest BCUT2D eigenvalue weighted by atomic mass is 16.6. The summed E-state index contributed by atoms with van der Waals surface area (Å²) in [5.74, 6) is -6.82. The number of benzene rings is 2. The van der Waals surface area contributed by atoms with E-state index in [-0.39, 0.29) is 94.4 Å². The minimum atomic E-state index is -1.22. The van der Waals surface area contributed by atoms with Crippen LogP contribution in [0.1, 0.15) is 180 Å². The molecule has 0 spiro atoms. The molecule has 0 aliphatic carbocycles. The van der Waals surface area contributed by atoms with Gasteiger partial charge in [0.2, 0.25) is 59.1 Å². The zero-order valence-electron chi connectivity index (χ0n) is 74.9. The van der Waals surface area contributed by atoms with Gasteiger partial charge in [0, 0.05) is 75.4 Å². The lowest BCUT2D eigenvalue weighted by atomic mass is 9.97. The van der Waals surface area contributed by atoms with E-state index in [2.05, 4.69) is 39.7 Å². The van der Waals surface area contributed by atoms with Crippen LogP contribution in [0.5, 0.6) is 0 Å². The van der Waals surface area contributed by atoms with Crippen molar-refractivity contribution in [2.75, 3.05) is 95.9 Å². The van der Waals surface area contributed by atoms with Crippen molar-refractivity contribution in [3.8, 4) is 0 Å². The van der Waals surface area contributed by atoms with E-state index < -0.39 is 149 Å². The normalized spacial score (nSPS) is 14.4. The van der Waals surface area contributed by atoms with Crippen molar-refractivity contribution < 1.29 is 86.0 Å². The Hall–Kier alpha value is -9.29. The summed E-state index contributed by atoms with van der Waals surface area (Å²) in [6.07, 6.45) is 4.98. The third-order valence-electron chi connectivity index (χ3n) is 19.5. The lowest BCUT2D eigenvalue weighted by Gasteiger charge is -2.36. The molecule has 0 fully saturated rings. The summed E-state index contributed by atoms with van der Waals surface area (Å²) in [6, 6.07) is 8.22. The Morgan fingerprint density at radius 3 is 1.06 bits per heavy atom. The quantitative estimate of drug-likeness (QED) is 0.0185. The average Bonchev–Trinajstić information content (AvgIpc) is 0.825. The fourth-order valence-corrected chi connectivity index (χ4v) is 12.4. The highest BCUT2D eigenvalue weighted by Gasteiger charge is 2.43. The first-order chi connectivity index (χ1) is 54.7. The second kappa shape index (κ2) is 53.9. The first-order valence-corrected chi connectivity index (χ1v) is 41.0. The molecule has 0 aliphatic rings. The highest BCUT2D eigenvalue weighted by molar-refractivity contribution is 5.98. The molecule has 30 nitrogen and oxygen atoms in total. The fraction of sp³-hybridized carbons (Fsp3) is 0.667. The van der Waals surface area contributed by atoms with Crippen LogP contribution in [-0.2, 0) is 94.1 Å². The number of carbonyl (C=O) groups excluding carboxylic acids is 13. The maximum absolute atomic E-state index is 14.6. The van der Waals surface area contributed by atoms with Gasteiger partial charge in [0.1, 0.15) is 86.3 Å². The Bertz CT molecular complexity index is 3460. The fourth-order valence-electron chi connectivity index (χ4n) is 12.4. The number of likely N-dealkylation sites (N-methyl/N-ethyl adjacent to an activating group) is 8. The second-order valence-corrected chi connectivity index (χ2v) is 32.8. The smallest absolute Gasteiger partial charge is 0.410 e. The van der Waals surface area contributed by atoms with Crippen LogP contribution in [0.25, 0.3) is 0 Å². The summed E-state index contributed by atoms with van der Waals surface area (Å²) in [5, 5.41) is 14.4. The summed E-state index contributed by atoms with van der Waals surface area (Å²) in [5.41, 5.74) is 0.803. The number of esters is 2. The van der Waals surface area contributed by atoms with E-state index in [0.29, 0.717) is 13.2 Å². The lowest BCUT2D eigenvalue weighted by Crippen LogP contribution is -2.61. The summed E-state index contributed by atoms with van der Waals surface area (Å²) in [6.45, 7) is 38.0. The Morgan fingerprint density at radius 1 is 0.427 bits per heavy atom. The van der Waals surface area contributed by atoms with E-state index in [1.807, 2.05) is 130 Å². The minimum absolute atomic E-state index is 0.00882. The molecule has 0 aromatic heterocycles. The maximum Gasteiger partial charge on any atom is 0.410 e. The number of ether oxygens (including phenoxy) is 5. The zero-order chi connectivity index (χ0) is 89.3. The first kappa shape index (κ1) is 106. The predicted molar refractivity (Wildman–Crippen MR) is 452 cm³/mol. The zero-order valence-corrected chi connectivity index (χ0v) is 74.9. The number of hydrogen-bond donors (Lipinski definition) is 5. The van der Waals surface area contributed by atoms with Gasteiger partial charge in [-0.2, -0.15) is 0 Å². The highest BCUT2D eigenvalue weighted by Crippen LogP contribution is 2.23. The second-order valence-electron chi connectivity index (χ2n) is 32.8. The van der Waals surface area contributed by atoms with Gasteiger partial charge in [0.25, 0.3) is 0 Å². The van der Waals surface area contributed by atoms with Crippen LogP contribution in [0.2, 0.25) is 0 Å². The molecule has 11 amide bonds. The molecule has 3 unspecified atom stereocenters. The Labute approximate surface area is 697 Å². The SMILES string of the molecule is C=CCOC(=O)CN(C)C(=O)[C@@H](NC(=O)[C@H](CC(C)C)N(C)C(=O)[C@H](CC(C)C)NC(=O)C(Cc1ccccc1)N(C)C(=O)C(C)NC)[C@@H](C)OCCCC.C=CCOC(=O)CN(C)C(=O)[C@@H](NC(=O)[C@H](CC(C)C)N(C)C(=O)[C@H](CC(C)C)NC(=O)[C@@H](Cc1ccccc1)N(C)C(=O)C(C)N(C)C(=O)OC(C)(C)C)[C@@H](C)OCCCC. The molecule has 30 heteroatoms. The Morgan fingerprint density at radius 2 is 0.752 bits per heavy atom. The number of nitrogens with zero attached hydrogens (tertiary/aromatic N) is 7. The van der Waals surface area contributed by atoms with E-state index >= 15 is 0 Å². The predicted octanol–water partition coefficient (Wildman–Crippen LogP) is 7.54. The number of amides is 11. The molecule has 0 radical (unpaired) electrons. The molecular formula is C87H144N12O18. The summed E-state index contributed by atoms with van der Waals surface area (Å²) in [4.78, 5) is 187. The largest absolute Gasteiger partial charge is 0.460 e. The van der Waals surface area contributed by atoms with E-state index in [1.165, 1.54) is 83.8 Å². The van der Waals surface area contributed by atoms with E-state index in [9.17, 15) is 62.3 Å². The molecule has 0 bridgehead atoms. The van der Waals surface area contributed by atoms with Crippen LogP contribution >= 0.6 is 0 Å². The monoisotopic (exact) mass is 1650 g/mol.